The van der Waals surface area contributed by atoms with E-state index in [9.17, 15) is 9.59 Å². The summed E-state index contributed by atoms with van der Waals surface area (Å²) in [4.78, 5) is 27.7. The van der Waals surface area contributed by atoms with Crippen LogP contribution in [0.1, 0.15) is 62.1 Å². The lowest BCUT2D eigenvalue weighted by molar-refractivity contribution is -0.139. The number of nitrogens with one attached hydrogen (secondary N) is 1. The Morgan fingerprint density at radius 2 is 1.50 bits per heavy atom. The number of amides is 2. The summed E-state index contributed by atoms with van der Waals surface area (Å²) in [6.07, 6.45) is 7.40. The van der Waals surface area contributed by atoms with Crippen LogP contribution in [0.25, 0.3) is 0 Å². The first kappa shape index (κ1) is 20.6. The summed E-state index contributed by atoms with van der Waals surface area (Å²) >= 11 is 0. The maximum absolute atomic E-state index is 13.3. The lowest BCUT2D eigenvalue weighted by atomic mass is 9.87. The standard InChI is InChI=1S/C26H32N2O2/c29-24-17-16-23(19-28(24)18-20-10-4-1-5-11-20)26(30)27-25(21-12-6-2-7-13-21)22-14-8-3-9-15-22/h2-3,6-9,12-15,20,23,25H,1,4-5,10-11,16-19H2,(H,27,30)/t23-/m0/s1. The second-order valence-corrected chi connectivity index (χ2v) is 8.80. The van der Waals surface area contributed by atoms with Crippen LogP contribution in [-0.2, 0) is 9.59 Å². The predicted octanol–water partition coefficient (Wildman–Crippen LogP) is 4.71. The molecule has 1 atom stereocenters. The van der Waals surface area contributed by atoms with Gasteiger partial charge < -0.3 is 10.2 Å². The number of piperidine rings is 1. The van der Waals surface area contributed by atoms with Crippen molar-refractivity contribution in [3.05, 3.63) is 71.8 Å². The number of rotatable bonds is 6. The third-order valence-corrected chi connectivity index (χ3v) is 6.63. The van der Waals surface area contributed by atoms with Crippen molar-refractivity contribution in [1.82, 2.24) is 10.2 Å². The molecule has 2 amide bonds. The maximum atomic E-state index is 13.3. The van der Waals surface area contributed by atoms with Crippen LogP contribution in [0, 0.1) is 11.8 Å². The summed E-state index contributed by atoms with van der Waals surface area (Å²) in [6.45, 7) is 1.38. The quantitative estimate of drug-likeness (QED) is 0.758. The zero-order valence-corrected chi connectivity index (χ0v) is 17.6. The molecule has 4 nitrogen and oxygen atoms in total. The Balaban J connectivity index is 1.44. The molecule has 1 heterocycles. The molecule has 1 N–H and O–H groups in total. The Morgan fingerprint density at radius 1 is 0.900 bits per heavy atom. The first-order valence-corrected chi connectivity index (χ1v) is 11.4. The highest BCUT2D eigenvalue weighted by molar-refractivity contribution is 5.84. The lowest BCUT2D eigenvalue weighted by Gasteiger charge is -2.36. The van der Waals surface area contributed by atoms with E-state index in [1.807, 2.05) is 41.3 Å². The molecule has 0 spiro atoms. The molecule has 4 rings (SSSR count). The van der Waals surface area contributed by atoms with Crippen molar-refractivity contribution in [2.45, 2.75) is 51.0 Å². The van der Waals surface area contributed by atoms with Gasteiger partial charge in [0.1, 0.15) is 0 Å². The van der Waals surface area contributed by atoms with Crippen molar-refractivity contribution >= 4 is 11.8 Å². The molecule has 158 valence electrons. The number of benzene rings is 2. The topological polar surface area (TPSA) is 49.4 Å². The first-order valence-electron chi connectivity index (χ1n) is 11.4. The van der Waals surface area contributed by atoms with E-state index in [-0.39, 0.29) is 23.8 Å². The van der Waals surface area contributed by atoms with Crippen molar-refractivity contribution in [3.63, 3.8) is 0 Å². The normalized spacial score (nSPS) is 20.4. The molecule has 4 heteroatoms. The van der Waals surface area contributed by atoms with Gasteiger partial charge in [0.15, 0.2) is 0 Å². The SMILES string of the molecule is O=C(NC(c1ccccc1)c1ccccc1)[C@H]1CCC(=O)N(CC2CCCCC2)C1. The number of hydrogen-bond donors (Lipinski definition) is 1. The van der Waals surface area contributed by atoms with Gasteiger partial charge in [-0.3, -0.25) is 9.59 Å². The van der Waals surface area contributed by atoms with Crippen LogP contribution < -0.4 is 5.32 Å². The number of likely N-dealkylation sites (tertiary alicyclic amines) is 1. The van der Waals surface area contributed by atoms with Crippen LogP contribution in [0.2, 0.25) is 0 Å². The second-order valence-electron chi connectivity index (χ2n) is 8.80. The number of carbonyl (C=O) groups excluding carboxylic acids is 2. The van der Waals surface area contributed by atoms with Gasteiger partial charge in [0.25, 0.3) is 0 Å². The summed E-state index contributed by atoms with van der Waals surface area (Å²) in [7, 11) is 0. The fraction of sp³-hybridized carbons (Fsp3) is 0.462. The van der Waals surface area contributed by atoms with Crippen LogP contribution in [-0.4, -0.2) is 29.8 Å². The minimum atomic E-state index is -0.177. The molecular formula is C26H32N2O2. The molecule has 1 saturated heterocycles. The van der Waals surface area contributed by atoms with E-state index in [0.29, 0.717) is 25.3 Å². The van der Waals surface area contributed by atoms with E-state index in [1.54, 1.807) is 0 Å². The Hall–Kier alpha value is -2.62. The van der Waals surface area contributed by atoms with Crippen molar-refractivity contribution in [2.75, 3.05) is 13.1 Å². The molecule has 0 bridgehead atoms. The average Bonchev–Trinajstić information content (AvgIpc) is 2.80. The monoisotopic (exact) mass is 404 g/mol. The minimum absolute atomic E-state index is 0.0499. The number of nitrogens with zero attached hydrogens (tertiary/aromatic N) is 1. The van der Waals surface area contributed by atoms with Gasteiger partial charge in [0.2, 0.25) is 11.8 Å². The van der Waals surface area contributed by atoms with Crippen molar-refractivity contribution in [2.24, 2.45) is 11.8 Å². The largest absolute Gasteiger partial charge is 0.345 e. The maximum Gasteiger partial charge on any atom is 0.225 e. The van der Waals surface area contributed by atoms with Crippen LogP contribution in [0.15, 0.2) is 60.7 Å². The molecule has 1 saturated carbocycles. The molecule has 2 aromatic rings. The summed E-state index contributed by atoms with van der Waals surface area (Å²) in [5, 5.41) is 3.28. The highest BCUT2D eigenvalue weighted by atomic mass is 16.2. The summed E-state index contributed by atoms with van der Waals surface area (Å²) in [6, 6.07) is 20.0. The lowest BCUT2D eigenvalue weighted by Crippen LogP contribution is -2.48. The Kier molecular flexibility index (Phi) is 6.83. The molecule has 2 aliphatic rings. The van der Waals surface area contributed by atoms with Crippen molar-refractivity contribution in [1.29, 1.82) is 0 Å². The van der Waals surface area contributed by atoms with Crippen LogP contribution >= 0.6 is 0 Å². The zero-order chi connectivity index (χ0) is 20.8. The van der Waals surface area contributed by atoms with Gasteiger partial charge in [-0.2, -0.15) is 0 Å². The molecule has 1 aliphatic heterocycles. The first-order chi connectivity index (χ1) is 14.7. The second kappa shape index (κ2) is 9.92. The highest BCUT2D eigenvalue weighted by Gasteiger charge is 2.32. The molecule has 30 heavy (non-hydrogen) atoms. The summed E-state index contributed by atoms with van der Waals surface area (Å²) < 4.78 is 0. The van der Waals surface area contributed by atoms with Gasteiger partial charge >= 0.3 is 0 Å². The molecule has 0 unspecified atom stereocenters. The van der Waals surface area contributed by atoms with E-state index >= 15 is 0 Å². The molecule has 0 radical (unpaired) electrons. The van der Waals surface area contributed by atoms with E-state index in [4.69, 9.17) is 0 Å². The molecule has 2 fully saturated rings. The van der Waals surface area contributed by atoms with E-state index in [0.717, 1.165) is 17.7 Å². The number of hydrogen-bond acceptors (Lipinski definition) is 2. The predicted molar refractivity (Wildman–Crippen MR) is 119 cm³/mol. The van der Waals surface area contributed by atoms with Gasteiger partial charge in [-0.15, -0.1) is 0 Å². The fourth-order valence-electron chi connectivity index (χ4n) is 4.90. The third kappa shape index (κ3) is 5.10. The van der Waals surface area contributed by atoms with E-state index < -0.39 is 0 Å². The highest BCUT2D eigenvalue weighted by Crippen LogP contribution is 2.28. The Labute approximate surface area is 179 Å². The molecular weight excluding hydrogens is 372 g/mol. The van der Waals surface area contributed by atoms with Gasteiger partial charge in [-0.05, 0) is 36.3 Å². The van der Waals surface area contributed by atoms with Gasteiger partial charge in [0, 0.05) is 19.5 Å². The summed E-state index contributed by atoms with van der Waals surface area (Å²) in [5.41, 5.74) is 2.14. The Morgan fingerprint density at radius 3 is 2.10 bits per heavy atom. The van der Waals surface area contributed by atoms with Crippen LogP contribution in [0.5, 0.6) is 0 Å². The third-order valence-electron chi connectivity index (χ3n) is 6.63. The summed E-state index contributed by atoms with van der Waals surface area (Å²) in [5.74, 6) is 0.730. The fourth-order valence-corrected chi connectivity index (χ4v) is 4.90. The van der Waals surface area contributed by atoms with Crippen molar-refractivity contribution < 1.29 is 9.59 Å². The molecule has 0 aromatic heterocycles. The molecule has 2 aromatic carbocycles. The minimum Gasteiger partial charge on any atom is -0.345 e. The molecule has 1 aliphatic carbocycles. The van der Waals surface area contributed by atoms with E-state index in [1.165, 1.54) is 32.1 Å². The van der Waals surface area contributed by atoms with Crippen LogP contribution in [0.4, 0.5) is 0 Å². The van der Waals surface area contributed by atoms with Gasteiger partial charge in [0.05, 0.1) is 12.0 Å². The number of carbonyl (C=O) groups is 2. The van der Waals surface area contributed by atoms with E-state index in [2.05, 4.69) is 29.6 Å². The average molecular weight is 405 g/mol. The van der Waals surface area contributed by atoms with Crippen LogP contribution in [0.3, 0.4) is 0 Å². The Bertz CT molecular complexity index is 791. The van der Waals surface area contributed by atoms with Gasteiger partial charge in [-0.25, -0.2) is 0 Å². The smallest absolute Gasteiger partial charge is 0.225 e. The zero-order valence-electron chi connectivity index (χ0n) is 17.6. The van der Waals surface area contributed by atoms with Crippen molar-refractivity contribution in [3.8, 4) is 0 Å². The van der Waals surface area contributed by atoms with Gasteiger partial charge in [-0.1, -0.05) is 79.9 Å².